The Morgan fingerprint density at radius 1 is 1.16 bits per heavy atom. The third kappa shape index (κ3) is 5.67. The number of carbonyl (C=O) groups is 2. The van der Waals surface area contributed by atoms with Crippen molar-refractivity contribution in [3.63, 3.8) is 0 Å². The zero-order chi connectivity index (χ0) is 36.3. The second-order valence-corrected chi connectivity index (χ2v) is 13.8. The van der Waals surface area contributed by atoms with Crippen molar-refractivity contribution in [3.8, 4) is 22.7 Å². The number of aromatic nitrogens is 3. The third-order valence-electron chi connectivity index (χ3n) is 9.32. The van der Waals surface area contributed by atoms with Gasteiger partial charge in [-0.1, -0.05) is 38.1 Å². The molecule has 50 heavy (non-hydrogen) atoms. The summed E-state index contributed by atoms with van der Waals surface area (Å²) in [5.74, 6) is -3.79. The zero-order valence-corrected chi connectivity index (χ0v) is 29.4. The Morgan fingerprint density at radius 3 is 2.52 bits per heavy atom. The van der Waals surface area contributed by atoms with Gasteiger partial charge < -0.3 is 24.7 Å². The number of anilines is 2. The van der Waals surface area contributed by atoms with Crippen molar-refractivity contribution < 1.29 is 23.5 Å². The monoisotopic (exact) mass is 705 g/mol. The van der Waals surface area contributed by atoms with E-state index in [1.165, 1.54) is 32.6 Å². The van der Waals surface area contributed by atoms with Crippen LogP contribution in [0.2, 0.25) is 5.02 Å². The van der Waals surface area contributed by atoms with Crippen LogP contribution >= 0.6 is 11.6 Å². The lowest BCUT2D eigenvalue weighted by Crippen LogP contribution is -2.67. The van der Waals surface area contributed by atoms with Crippen LogP contribution < -0.4 is 15.4 Å². The average molecular weight is 706 g/mol. The van der Waals surface area contributed by atoms with Crippen LogP contribution in [-0.2, 0) is 9.59 Å². The molecule has 2 amide bonds. The molecule has 0 spiro atoms. The molecule has 0 bridgehead atoms. The number of phenolic OH excluding ortho intramolecular Hbond substituents is 1. The first-order valence-electron chi connectivity index (χ1n) is 16.2. The van der Waals surface area contributed by atoms with Crippen LogP contribution in [0.4, 0.5) is 20.2 Å². The van der Waals surface area contributed by atoms with Gasteiger partial charge in [0, 0.05) is 37.3 Å². The minimum Gasteiger partial charge on any atom is -0.507 e. The Morgan fingerprint density at radius 2 is 1.88 bits per heavy atom. The Bertz CT molecular complexity index is 2120. The summed E-state index contributed by atoms with van der Waals surface area (Å²) >= 11 is 6.90. The summed E-state index contributed by atoms with van der Waals surface area (Å²) in [5, 5.41) is 11.1. The maximum Gasteiger partial charge on any atom is 0.283 e. The molecule has 1 fully saturated rings. The lowest BCUT2D eigenvalue weighted by Gasteiger charge is -2.50. The second kappa shape index (κ2) is 13.1. The van der Waals surface area contributed by atoms with E-state index in [4.69, 9.17) is 16.6 Å². The average Bonchev–Trinajstić information content (AvgIpc) is 3.04. The topological polar surface area (TPSA) is 115 Å². The van der Waals surface area contributed by atoms with Gasteiger partial charge in [-0.15, -0.1) is 0 Å². The number of aryl methyl sites for hydroxylation is 1. The molecule has 0 saturated carbocycles. The standard InChI is InChI=1S/C36H38ClF2N7O4/c1-18(2)28-30(19(3)11-12-40-28)46-33-22(15-23(37)29(41-33)27-24(39)9-8-10-26(27)47)31-32(36(46)50)43(14-13-42(6)7)35(49)25-17-44(34(48)21(5)38)20(4)16-45(25)31/h8-12,15,18,20,25,47H,5,13-14,16-17H2,1-4,6-7H3/t20-,25-/m1/s1. The Kier molecular flexibility index (Phi) is 9.16. The number of likely N-dealkylation sites (N-methyl/N-ethyl adjacent to an activating group) is 1. The van der Waals surface area contributed by atoms with Crippen LogP contribution in [0.15, 0.2) is 53.7 Å². The summed E-state index contributed by atoms with van der Waals surface area (Å²) in [5.41, 5.74) is 1.37. The van der Waals surface area contributed by atoms with E-state index in [9.17, 15) is 19.1 Å². The molecule has 0 aliphatic carbocycles. The highest BCUT2D eigenvalue weighted by Gasteiger charge is 2.47. The van der Waals surface area contributed by atoms with E-state index in [-0.39, 0.29) is 53.2 Å². The van der Waals surface area contributed by atoms with Gasteiger partial charge in [-0.05, 0) is 63.7 Å². The molecule has 2 atom stereocenters. The van der Waals surface area contributed by atoms with Gasteiger partial charge in [0.15, 0.2) is 11.5 Å². The minimum absolute atomic E-state index is 0.0128. The number of halogens is 3. The van der Waals surface area contributed by atoms with E-state index in [0.29, 0.717) is 34.6 Å². The van der Waals surface area contributed by atoms with Crippen molar-refractivity contribution in [1.29, 1.82) is 0 Å². The Balaban J connectivity index is 1.76. The molecule has 1 saturated heterocycles. The molecule has 2 aliphatic rings. The van der Waals surface area contributed by atoms with Crippen LogP contribution in [0.1, 0.15) is 37.9 Å². The summed E-state index contributed by atoms with van der Waals surface area (Å²) in [4.78, 5) is 58.3. The number of aromatic hydroxyl groups is 1. The maximum absolute atomic E-state index is 15.3. The summed E-state index contributed by atoms with van der Waals surface area (Å²) in [6, 6.07) is 5.60. The van der Waals surface area contributed by atoms with Crippen molar-refractivity contribution in [1.82, 2.24) is 24.3 Å². The van der Waals surface area contributed by atoms with Crippen molar-refractivity contribution in [3.05, 3.63) is 81.4 Å². The lowest BCUT2D eigenvalue weighted by molar-refractivity contribution is -0.133. The van der Waals surface area contributed by atoms with Crippen LogP contribution in [0.5, 0.6) is 5.75 Å². The number of pyridine rings is 3. The number of rotatable bonds is 7. The first kappa shape index (κ1) is 35.0. The highest BCUT2D eigenvalue weighted by Crippen LogP contribution is 2.45. The van der Waals surface area contributed by atoms with Gasteiger partial charge in [0.1, 0.15) is 23.3 Å². The van der Waals surface area contributed by atoms with Gasteiger partial charge in [0.2, 0.25) is 0 Å². The quantitative estimate of drug-likeness (QED) is 0.262. The van der Waals surface area contributed by atoms with E-state index >= 15 is 9.18 Å². The van der Waals surface area contributed by atoms with Crippen LogP contribution in [-0.4, -0.2) is 93.6 Å². The van der Waals surface area contributed by atoms with Gasteiger partial charge in [0.05, 0.1) is 39.9 Å². The maximum atomic E-state index is 15.3. The largest absolute Gasteiger partial charge is 0.507 e. The lowest BCUT2D eigenvalue weighted by atomic mass is 9.97. The first-order chi connectivity index (χ1) is 23.6. The molecule has 14 heteroatoms. The molecular weight excluding hydrogens is 668 g/mol. The number of amides is 2. The second-order valence-electron chi connectivity index (χ2n) is 13.4. The summed E-state index contributed by atoms with van der Waals surface area (Å²) in [6.45, 7) is 11.0. The van der Waals surface area contributed by atoms with Crippen molar-refractivity contribution in [2.45, 2.75) is 45.7 Å². The summed E-state index contributed by atoms with van der Waals surface area (Å²) < 4.78 is 30.9. The van der Waals surface area contributed by atoms with E-state index in [0.717, 1.165) is 0 Å². The van der Waals surface area contributed by atoms with E-state index in [1.807, 2.05) is 39.8 Å². The highest BCUT2D eigenvalue weighted by molar-refractivity contribution is 6.34. The number of nitrogens with zero attached hydrogens (tertiary/aromatic N) is 7. The van der Waals surface area contributed by atoms with E-state index in [2.05, 4.69) is 11.6 Å². The van der Waals surface area contributed by atoms with Crippen LogP contribution in [0, 0.1) is 12.7 Å². The number of piperazine rings is 1. The molecule has 0 unspecified atom stereocenters. The molecule has 1 N–H and O–H groups in total. The predicted octanol–water partition coefficient (Wildman–Crippen LogP) is 5.17. The fourth-order valence-electron chi connectivity index (χ4n) is 6.89. The molecule has 2 aliphatic heterocycles. The number of phenols is 1. The van der Waals surface area contributed by atoms with Crippen LogP contribution in [0.3, 0.4) is 0 Å². The van der Waals surface area contributed by atoms with E-state index < -0.39 is 46.9 Å². The zero-order valence-electron chi connectivity index (χ0n) is 28.7. The SMILES string of the molecule is C=C(F)C(=O)N1C[C@@H]2C(=O)N(CCN(C)C)c3c(c4cc(Cl)c(-c5c(O)cccc5F)nc4n(-c4c(C)ccnc4C(C)C)c3=O)N2C[C@H]1C. The van der Waals surface area contributed by atoms with Gasteiger partial charge in [-0.25, -0.2) is 13.8 Å². The Hall–Kier alpha value is -4.88. The molecule has 262 valence electrons. The number of fused-ring (bicyclic) bond motifs is 5. The fourth-order valence-corrected chi connectivity index (χ4v) is 7.13. The molecule has 1 aromatic carbocycles. The minimum atomic E-state index is -1.14. The normalized spacial score (nSPS) is 17.5. The smallest absolute Gasteiger partial charge is 0.283 e. The fraction of sp³-hybridized carbons (Fsp3) is 0.361. The Labute approximate surface area is 293 Å². The molecule has 11 nitrogen and oxygen atoms in total. The molecule has 4 aromatic rings. The van der Waals surface area contributed by atoms with Gasteiger partial charge >= 0.3 is 0 Å². The van der Waals surface area contributed by atoms with Crippen molar-refractivity contribution in [2.24, 2.45) is 0 Å². The molecular formula is C36H38ClF2N7O4. The predicted molar refractivity (Wildman–Crippen MR) is 189 cm³/mol. The van der Waals surface area contributed by atoms with Gasteiger partial charge in [0.25, 0.3) is 17.4 Å². The van der Waals surface area contributed by atoms with Crippen molar-refractivity contribution in [2.75, 3.05) is 50.1 Å². The number of hydrogen-bond donors (Lipinski definition) is 1. The summed E-state index contributed by atoms with van der Waals surface area (Å²) in [6.07, 6.45) is 1.65. The molecule has 5 heterocycles. The number of benzene rings is 1. The number of carbonyl (C=O) groups excluding carboxylic acids is 2. The third-order valence-corrected chi connectivity index (χ3v) is 9.60. The number of hydrogen-bond acceptors (Lipinski definition) is 8. The highest BCUT2D eigenvalue weighted by atomic mass is 35.5. The van der Waals surface area contributed by atoms with Gasteiger partial charge in [-0.3, -0.25) is 23.9 Å². The molecule has 6 rings (SSSR count). The van der Waals surface area contributed by atoms with E-state index in [1.54, 1.807) is 30.2 Å². The van der Waals surface area contributed by atoms with Gasteiger partial charge in [-0.2, -0.15) is 0 Å². The first-order valence-corrected chi connectivity index (χ1v) is 16.6. The summed E-state index contributed by atoms with van der Waals surface area (Å²) in [7, 11) is 3.68. The van der Waals surface area contributed by atoms with Crippen LogP contribution in [0.25, 0.3) is 28.0 Å². The van der Waals surface area contributed by atoms with Crippen molar-refractivity contribution >= 4 is 45.8 Å². The molecule has 0 radical (unpaired) electrons. The molecule has 3 aromatic heterocycles.